The van der Waals surface area contributed by atoms with Gasteiger partial charge in [0, 0.05) is 29.7 Å². The number of carbonyl (C=O) groups excluding carboxylic acids is 4. The minimum atomic E-state index is -1.10. The molecule has 260 valence electrons. The highest BCUT2D eigenvalue weighted by Gasteiger charge is 2.41. The molecule has 2 aromatic carbocycles. The number of thioether (sulfide) groups is 2. The highest BCUT2D eigenvalue weighted by molar-refractivity contribution is 8.14. The van der Waals surface area contributed by atoms with Gasteiger partial charge >= 0.3 is 5.97 Å². The molecule has 0 fully saturated rings. The Morgan fingerprint density at radius 2 is 1.92 bits per heavy atom. The molecule has 2 aliphatic heterocycles. The van der Waals surface area contributed by atoms with Crippen molar-refractivity contribution in [2.24, 2.45) is 4.99 Å². The lowest BCUT2D eigenvalue weighted by atomic mass is 9.97. The first-order valence-electron chi connectivity index (χ1n) is 17.0. The van der Waals surface area contributed by atoms with Crippen molar-refractivity contribution in [1.29, 1.82) is 0 Å². The normalized spacial score (nSPS) is 21.8. The summed E-state index contributed by atoms with van der Waals surface area (Å²) >= 11 is 4.17. The SMILES string of the molecule is CCCCCCCC(=O)SCC/C=C/[C@@H]1CC(=O)NCc2nc(cs2)C2=N[C@@](C)(CS2)C(=O)N[C@H](Cc2cccc3ccccc23)C(=O)O1. The van der Waals surface area contributed by atoms with Gasteiger partial charge in [-0.05, 0) is 42.2 Å². The molecule has 0 spiro atoms. The van der Waals surface area contributed by atoms with Gasteiger partial charge in [0.15, 0.2) is 5.12 Å². The average molecular weight is 721 g/mol. The number of fused-ring (bicyclic) bond motifs is 5. The van der Waals surface area contributed by atoms with Crippen molar-refractivity contribution in [3.8, 4) is 0 Å². The van der Waals surface area contributed by atoms with Crippen LogP contribution in [0.2, 0.25) is 0 Å². The number of nitrogens with zero attached hydrogens (tertiary/aromatic N) is 2. The molecular formula is C37H44N4O5S3. The molecule has 12 heteroatoms. The molecule has 0 saturated heterocycles. The molecule has 2 N–H and O–H groups in total. The minimum absolute atomic E-state index is 0.0977. The number of esters is 1. The zero-order chi connectivity index (χ0) is 34.6. The summed E-state index contributed by atoms with van der Waals surface area (Å²) in [6.45, 7) is 4.16. The number of ether oxygens (including phenoxy) is 1. The number of aromatic nitrogens is 1. The molecule has 1 aromatic heterocycles. The molecule has 2 amide bonds. The van der Waals surface area contributed by atoms with Gasteiger partial charge < -0.3 is 15.4 Å². The van der Waals surface area contributed by atoms with Crippen LogP contribution in [0.25, 0.3) is 10.8 Å². The molecule has 0 unspecified atom stereocenters. The first-order chi connectivity index (χ1) is 23.7. The molecule has 0 saturated carbocycles. The molecule has 4 bridgehead atoms. The topological polar surface area (TPSA) is 127 Å². The van der Waals surface area contributed by atoms with E-state index in [0.717, 1.165) is 35.6 Å². The number of allylic oxidation sites excluding steroid dienone is 1. The number of hydrogen-bond acceptors (Lipinski definition) is 10. The number of amides is 2. The molecule has 49 heavy (non-hydrogen) atoms. The third-order valence-corrected chi connectivity index (χ3v) is 11.6. The molecule has 2 aliphatic rings. The Labute approximate surface area is 300 Å². The molecule has 9 nitrogen and oxygen atoms in total. The summed E-state index contributed by atoms with van der Waals surface area (Å²) in [5.74, 6) is -0.309. The van der Waals surface area contributed by atoms with Crippen molar-refractivity contribution in [2.45, 2.75) is 95.9 Å². The van der Waals surface area contributed by atoms with Crippen molar-refractivity contribution in [2.75, 3.05) is 11.5 Å². The minimum Gasteiger partial charge on any atom is -0.456 e. The van der Waals surface area contributed by atoms with Gasteiger partial charge in [-0.25, -0.2) is 9.78 Å². The van der Waals surface area contributed by atoms with Crippen LogP contribution in [-0.4, -0.2) is 62.1 Å². The van der Waals surface area contributed by atoms with E-state index in [2.05, 4.69) is 22.5 Å². The van der Waals surface area contributed by atoms with Crippen LogP contribution in [0.4, 0.5) is 0 Å². The maximum Gasteiger partial charge on any atom is 0.329 e. The third-order valence-electron chi connectivity index (χ3n) is 8.47. The highest BCUT2D eigenvalue weighted by atomic mass is 32.2. The Morgan fingerprint density at radius 1 is 1.10 bits per heavy atom. The van der Waals surface area contributed by atoms with Crippen LogP contribution in [0.5, 0.6) is 0 Å². The number of unbranched alkanes of at least 4 members (excludes halogenated alkanes) is 4. The lowest BCUT2D eigenvalue weighted by Gasteiger charge is -2.25. The predicted molar refractivity (Wildman–Crippen MR) is 200 cm³/mol. The van der Waals surface area contributed by atoms with E-state index in [1.165, 1.54) is 47.7 Å². The summed E-state index contributed by atoms with van der Waals surface area (Å²) in [5, 5.41) is 11.3. The monoisotopic (exact) mass is 720 g/mol. The molecular weight excluding hydrogens is 677 g/mol. The molecule has 0 aliphatic carbocycles. The van der Waals surface area contributed by atoms with Crippen molar-refractivity contribution in [1.82, 2.24) is 15.6 Å². The third kappa shape index (κ3) is 10.5. The summed E-state index contributed by atoms with van der Waals surface area (Å²) < 4.78 is 5.99. The number of aliphatic imine (C=N–C) groups is 1. The lowest BCUT2D eigenvalue weighted by Crippen LogP contribution is -2.52. The van der Waals surface area contributed by atoms with Gasteiger partial charge in [0.25, 0.3) is 0 Å². The fraction of sp³-hybridized carbons (Fsp3) is 0.459. The van der Waals surface area contributed by atoms with Crippen LogP contribution in [-0.2, 0) is 36.9 Å². The van der Waals surface area contributed by atoms with Crippen LogP contribution in [0.3, 0.4) is 0 Å². The van der Waals surface area contributed by atoms with Gasteiger partial charge in [-0.1, -0.05) is 92.9 Å². The van der Waals surface area contributed by atoms with Crippen molar-refractivity contribution < 1.29 is 23.9 Å². The number of nitrogens with one attached hydrogen (secondary N) is 2. The highest BCUT2D eigenvalue weighted by Crippen LogP contribution is 2.32. The lowest BCUT2D eigenvalue weighted by molar-refractivity contribution is -0.152. The first-order valence-corrected chi connectivity index (χ1v) is 19.8. The summed E-state index contributed by atoms with van der Waals surface area (Å²) in [6, 6.07) is 12.7. The largest absolute Gasteiger partial charge is 0.456 e. The van der Waals surface area contributed by atoms with Gasteiger partial charge in [-0.3, -0.25) is 19.4 Å². The smallest absolute Gasteiger partial charge is 0.329 e. The van der Waals surface area contributed by atoms with E-state index in [4.69, 9.17) is 9.73 Å². The van der Waals surface area contributed by atoms with E-state index in [9.17, 15) is 19.2 Å². The molecule has 3 heterocycles. The summed E-state index contributed by atoms with van der Waals surface area (Å²) in [5.41, 5.74) is 0.455. The summed E-state index contributed by atoms with van der Waals surface area (Å²) in [7, 11) is 0. The summed E-state index contributed by atoms with van der Waals surface area (Å²) in [6.07, 6.45) is 9.47. The number of carbonyl (C=O) groups is 4. The van der Waals surface area contributed by atoms with E-state index in [-0.39, 0.29) is 36.3 Å². The average Bonchev–Trinajstić information content (AvgIpc) is 3.74. The van der Waals surface area contributed by atoms with Gasteiger partial charge in [-0.2, -0.15) is 0 Å². The number of rotatable bonds is 12. The molecule has 3 aromatic rings. The Bertz CT molecular complexity index is 1700. The second kappa shape index (κ2) is 18.0. The maximum atomic E-state index is 14.0. The van der Waals surface area contributed by atoms with Crippen LogP contribution in [0.15, 0.2) is 65.0 Å². The Hall–Kier alpha value is -3.48. The fourth-order valence-corrected chi connectivity index (χ4v) is 8.37. The molecule has 3 atom stereocenters. The quantitative estimate of drug-likeness (QED) is 0.119. The van der Waals surface area contributed by atoms with Gasteiger partial charge in [-0.15, -0.1) is 23.1 Å². The van der Waals surface area contributed by atoms with Gasteiger partial charge in [0.2, 0.25) is 11.8 Å². The van der Waals surface area contributed by atoms with Gasteiger partial charge in [0.05, 0.1) is 13.0 Å². The van der Waals surface area contributed by atoms with E-state index < -0.39 is 23.7 Å². The van der Waals surface area contributed by atoms with Crippen LogP contribution in [0.1, 0.15) is 81.5 Å². The molecule has 5 rings (SSSR count). The Balaban J connectivity index is 1.33. The van der Waals surface area contributed by atoms with Crippen LogP contribution in [0, 0.1) is 0 Å². The van der Waals surface area contributed by atoms with Crippen LogP contribution < -0.4 is 10.6 Å². The number of benzene rings is 2. The number of hydrogen-bond donors (Lipinski definition) is 2. The van der Waals surface area contributed by atoms with Crippen molar-refractivity contribution >= 4 is 73.6 Å². The van der Waals surface area contributed by atoms with E-state index >= 15 is 0 Å². The van der Waals surface area contributed by atoms with E-state index in [1.54, 1.807) is 13.0 Å². The number of thiazole rings is 1. The fourth-order valence-electron chi connectivity index (χ4n) is 5.68. The Kier molecular flexibility index (Phi) is 13.5. The van der Waals surface area contributed by atoms with Gasteiger partial charge in [0.1, 0.15) is 33.4 Å². The number of cyclic esters (lactones) is 1. The first kappa shape index (κ1) is 36.8. The second-order valence-electron chi connectivity index (χ2n) is 12.5. The van der Waals surface area contributed by atoms with Crippen molar-refractivity contribution in [3.05, 3.63) is 76.3 Å². The van der Waals surface area contributed by atoms with Crippen molar-refractivity contribution in [3.63, 3.8) is 0 Å². The van der Waals surface area contributed by atoms with Crippen LogP contribution >= 0.6 is 34.9 Å². The standard InChI is InChI=1S/C37H44N4O5S3/c1-3-4-5-6-7-18-33(43)47-19-11-10-16-27-21-31(42)38-22-32-39-30(23-48-32)34-41-37(2,24-49-34)36(45)40-29(35(44)46-27)20-26-15-12-14-25-13-8-9-17-28(25)26/h8-10,12-17,23,27,29H,3-7,11,18-22,24H2,1-2H3,(H,38,42)(H,40,45)/b16-10+/t27-,29-,37+/m1/s1. The maximum absolute atomic E-state index is 14.0. The molecule has 0 radical (unpaired) electrons. The van der Waals surface area contributed by atoms with E-state index in [1.807, 2.05) is 53.9 Å². The summed E-state index contributed by atoms with van der Waals surface area (Å²) in [4.78, 5) is 62.6. The predicted octanol–water partition coefficient (Wildman–Crippen LogP) is 6.77. The zero-order valence-electron chi connectivity index (χ0n) is 28.1. The zero-order valence-corrected chi connectivity index (χ0v) is 30.5. The Morgan fingerprint density at radius 3 is 2.78 bits per heavy atom. The second-order valence-corrected chi connectivity index (χ2v) is 15.6. The van der Waals surface area contributed by atoms with E-state index in [0.29, 0.717) is 40.1 Å².